The molecular weight excluding hydrogens is 378 g/mol. The zero-order valence-corrected chi connectivity index (χ0v) is 17.7. The van der Waals surface area contributed by atoms with Crippen molar-refractivity contribution in [2.24, 2.45) is 4.99 Å². The van der Waals surface area contributed by atoms with Crippen LogP contribution >= 0.6 is 0 Å². The van der Waals surface area contributed by atoms with E-state index < -0.39 is 0 Å². The number of hydrogen-bond acceptors (Lipinski definition) is 3. The summed E-state index contributed by atoms with van der Waals surface area (Å²) in [6.07, 6.45) is 4.57. The predicted octanol–water partition coefficient (Wildman–Crippen LogP) is 6.87. The van der Waals surface area contributed by atoms with E-state index in [0.29, 0.717) is 0 Å². The lowest BCUT2D eigenvalue weighted by Crippen LogP contribution is -2.30. The molecule has 3 heteroatoms. The molecule has 0 fully saturated rings. The second kappa shape index (κ2) is 6.64. The maximum Gasteiger partial charge on any atom is 0.0699 e. The predicted molar refractivity (Wildman–Crippen MR) is 127 cm³/mol. The lowest BCUT2D eigenvalue weighted by molar-refractivity contribution is 0.632. The molecular formula is C28H23N3. The molecule has 0 atom stereocenters. The van der Waals surface area contributed by atoms with E-state index in [-0.39, 0.29) is 5.41 Å². The first-order chi connectivity index (χ1) is 15.1. The molecule has 0 aliphatic carbocycles. The molecule has 2 aliphatic heterocycles. The standard InChI is InChI=1S/C28H23N3/c1-28(2)22-7-3-5-9-26(22)31(27-10-6-4-8-23(27)28)21-13-11-19(12-14-21)25-17-20-18-29-16-15-24(20)30-25/h3-16,18H,17H2,1-2H3. The summed E-state index contributed by atoms with van der Waals surface area (Å²) in [5, 5.41) is 0. The van der Waals surface area contributed by atoms with Crippen LogP contribution in [0, 0.1) is 0 Å². The van der Waals surface area contributed by atoms with E-state index in [1.165, 1.54) is 33.6 Å². The minimum absolute atomic E-state index is 0.0397. The number of pyridine rings is 1. The number of anilines is 3. The van der Waals surface area contributed by atoms with Gasteiger partial charge in [-0.25, -0.2) is 0 Å². The Morgan fingerprint density at radius 2 is 1.42 bits per heavy atom. The summed E-state index contributed by atoms with van der Waals surface area (Å²) in [6, 6.07) is 28.3. The van der Waals surface area contributed by atoms with Crippen molar-refractivity contribution in [1.29, 1.82) is 0 Å². The zero-order chi connectivity index (χ0) is 21.0. The van der Waals surface area contributed by atoms with Gasteiger partial charge in [-0.3, -0.25) is 9.98 Å². The normalized spacial score (nSPS) is 15.7. The van der Waals surface area contributed by atoms with E-state index in [9.17, 15) is 0 Å². The molecule has 2 aliphatic rings. The van der Waals surface area contributed by atoms with Gasteiger partial charge in [0.1, 0.15) is 0 Å². The highest BCUT2D eigenvalue weighted by Crippen LogP contribution is 2.51. The van der Waals surface area contributed by atoms with Crippen molar-refractivity contribution >= 4 is 28.5 Å². The van der Waals surface area contributed by atoms with Gasteiger partial charge in [-0.1, -0.05) is 62.4 Å². The highest BCUT2D eigenvalue weighted by molar-refractivity contribution is 6.06. The lowest BCUT2D eigenvalue weighted by atomic mass is 9.73. The van der Waals surface area contributed by atoms with Gasteiger partial charge in [0.25, 0.3) is 0 Å². The van der Waals surface area contributed by atoms with Crippen LogP contribution in [0.15, 0.2) is 96.2 Å². The Kier molecular flexibility index (Phi) is 3.87. The molecule has 0 bridgehead atoms. The third-order valence-corrected chi connectivity index (χ3v) is 6.59. The van der Waals surface area contributed by atoms with Gasteiger partial charge in [0.05, 0.1) is 22.8 Å². The van der Waals surface area contributed by atoms with E-state index in [2.05, 4.69) is 96.5 Å². The van der Waals surface area contributed by atoms with Gasteiger partial charge >= 0.3 is 0 Å². The van der Waals surface area contributed by atoms with Crippen molar-refractivity contribution in [1.82, 2.24) is 4.98 Å². The third-order valence-electron chi connectivity index (χ3n) is 6.59. The van der Waals surface area contributed by atoms with Crippen LogP contribution in [0.5, 0.6) is 0 Å². The van der Waals surface area contributed by atoms with Gasteiger partial charge in [-0.05, 0) is 47.0 Å². The molecule has 0 spiro atoms. The summed E-state index contributed by atoms with van der Waals surface area (Å²) in [5.41, 5.74) is 10.8. The molecule has 0 N–H and O–H groups in total. The second-order valence-corrected chi connectivity index (χ2v) is 8.78. The summed E-state index contributed by atoms with van der Waals surface area (Å²) in [5.74, 6) is 0. The van der Waals surface area contributed by atoms with Crippen LogP contribution in [0.1, 0.15) is 36.1 Å². The Labute approximate surface area is 182 Å². The highest BCUT2D eigenvalue weighted by Gasteiger charge is 2.36. The Bertz CT molecular complexity index is 1280. The first-order valence-corrected chi connectivity index (χ1v) is 10.7. The maximum absolute atomic E-state index is 4.82. The maximum atomic E-state index is 4.82. The van der Waals surface area contributed by atoms with Gasteiger partial charge < -0.3 is 4.90 Å². The Morgan fingerprint density at radius 1 is 0.774 bits per heavy atom. The molecule has 3 aromatic carbocycles. The largest absolute Gasteiger partial charge is 0.310 e. The molecule has 3 heterocycles. The number of aromatic nitrogens is 1. The number of nitrogens with zero attached hydrogens (tertiary/aromatic N) is 3. The number of para-hydroxylation sites is 2. The topological polar surface area (TPSA) is 28.5 Å². The van der Waals surface area contributed by atoms with E-state index in [4.69, 9.17) is 4.99 Å². The van der Waals surface area contributed by atoms with E-state index in [1.54, 1.807) is 6.20 Å². The quantitative estimate of drug-likeness (QED) is 0.367. The molecule has 0 radical (unpaired) electrons. The van der Waals surface area contributed by atoms with Gasteiger partial charge in [0.2, 0.25) is 0 Å². The van der Waals surface area contributed by atoms with Crippen LogP contribution in [0.4, 0.5) is 22.7 Å². The van der Waals surface area contributed by atoms with E-state index >= 15 is 0 Å². The van der Waals surface area contributed by atoms with Crippen LogP contribution in [-0.2, 0) is 11.8 Å². The highest BCUT2D eigenvalue weighted by atomic mass is 15.2. The monoisotopic (exact) mass is 401 g/mol. The third kappa shape index (κ3) is 2.73. The minimum atomic E-state index is -0.0397. The minimum Gasteiger partial charge on any atom is -0.310 e. The van der Waals surface area contributed by atoms with Crippen LogP contribution in [0.3, 0.4) is 0 Å². The van der Waals surface area contributed by atoms with Gasteiger partial charge in [0, 0.05) is 35.5 Å². The summed E-state index contributed by atoms with van der Waals surface area (Å²) >= 11 is 0. The molecule has 0 amide bonds. The van der Waals surface area contributed by atoms with Gasteiger partial charge in [-0.15, -0.1) is 0 Å². The molecule has 0 unspecified atom stereocenters. The van der Waals surface area contributed by atoms with E-state index in [0.717, 1.165) is 23.5 Å². The van der Waals surface area contributed by atoms with E-state index in [1.807, 2.05) is 12.3 Å². The van der Waals surface area contributed by atoms with Gasteiger partial charge in [0.15, 0.2) is 0 Å². The van der Waals surface area contributed by atoms with Gasteiger partial charge in [-0.2, -0.15) is 0 Å². The summed E-state index contributed by atoms with van der Waals surface area (Å²) in [7, 11) is 0. The molecule has 1 aromatic heterocycles. The molecule has 31 heavy (non-hydrogen) atoms. The van der Waals surface area contributed by atoms with Crippen LogP contribution in [-0.4, -0.2) is 10.7 Å². The second-order valence-electron chi connectivity index (χ2n) is 8.78. The fourth-order valence-electron chi connectivity index (χ4n) is 4.95. The molecule has 0 saturated carbocycles. The fourth-order valence-corrected chi connectivity index (χ4v) is 4.95. The molecule has 0 saturated heterocycles. The van der Waals surface area contributed by atoms with Crippen molar-refractivity contribution in [3.63, 3.8) is 0 Å². The molecule has 150 valence electrons. The van der Waals surface area contributed by atoms with Crippen molar-refractivity contribution in [3.8, 4) is 0 Å². The summed E-state index contributed by atoms with van der Waals surface area (Å²) < 4.78 is 0. The first kappa shape index (κ1) is 18.1. The SMILES string of the molecule is CC1(C)c2ccccc2N(c2ccc(C3=Nc4ccncc4C3)cc2)c2ccccc21. The lowest BCUT2D eigenvalue weighted by Gasteiger charge is -2.42. The molecule has 6 rings (SSSR count). The average Bonchev–Trinajstić information content (AvgIpc) is 3.24. The number of rotatable bonds is 2. The van der Waals surface area contributed by atoms with Crippen LogP contribution < -0.4 is 4.90 Å². The van der Waals surface area contributed by atoms with Crippen molar-refractivity contribution in [2.45, 2.75) is 25.7 Å². The Hall–Kier alpha value is -3.72. The van der Waals surface area contributed by atoms with Crippen LogP contribution in [0.25, 0.3) is 0 Å². The first-order valence-electron chi connectivity index (χ1n) is 10.7. The number of aliphatic imine (C=N–C) groups is 1. The van der Waals surface area contributed by atoms with Crippen molar-refractivity contribution in [3.05, 3.63) is 114 Å². The fraction of sp³-hybridized carbons (Fsp3) is 0.143. The zero-order valence-electron chi connectivity index (χ0n) is 17.7. The Morgan fingerprint density at radius 3 is 2.06 bits per heavy atom. The Balaban J connectivity index is 1.43. The summed E-state index contributed by atoms with van der Waals surface area (Å²) in [6.45, 7) is 4.63. The number of fused-ring (bicyclic) bond motifs is 3. The smallest absolute Gasteiger partial charge is 0.0699 e. The van der Waals surface area contributed by atoms with Crippen molar-refractivity contribution in [2.75, 3.05) is 4.90 Å². The number of hydrogen-bond donors (Lipinski definition) is 0. The molecule has 4 aromatic rings. The average molecular weight is 402 g/mol. The molecule has 3 nitrogen and oxygen atoms in total. The summed E-state index contributed by atoms with van der Waals surface area (Å²) in [4.78, 5) is 11.4. The number of benzene rings is 3. The van der Waals surface area contributed by atoms with Crippen molar-refractivity contribution < 1.29 is 0 Å². The van der Waals surface area contributed by atoms with Crippen LogP contribution in [0.2, 0.25) is 0 Å².